The summed E-state index contributed by atoms with van der Waals surface area (Å²) in [7, 11) is 0.000327. The van der Waals surface area contributed by atoms with Crippen LogP contribution in [0.15, 0.2) is 24.3 Å². The molecule has 0 N–H and O–H groups in total. The smallest absolute Gasteiger partial charge is 0.0780 e. The first kappa shape index (κ1) is 18.7. The standard InChI is InChI=1S/C18H35NSi2/c1-8-9-14-21(6,7)16-19(2)15-17-12-10-11-13-18(17)20(3,4)5/h10-13H,8-9,14-16H2,1-7H3. The fourth-order valence-electron chi connectivity index (χ4n) is 3.20. The minimum Gasteiger partial charge on any atom is -0.305 e. The van der Waals surface area contributed by atoms with Gasteiger partial charge in [-0.05, 0) is 18.8 Å². The molecular formula is C18H35NSi2. The molecule has 0 spiro atoms. The third-order valence-electron chi connectivity index (χ3n) is 4.17. The van der Waals surface area contributed by atoms with E-state index in [4.69, 9.17) is 0 Å². The van der Waals surface area contributed by atoms with Crippen molar-refractivity contribution in [3.8, 4) is 0 Å². The van der Waals surface area contributed by atoms with Gasteiger partial charge in [-0.25, -0.2) is 0 Å². The van der Waals surface area contributed by atoms with E-state index in [1.807, 2.05) is 0 Å². The van der Waals surface area contributed by atoms with Crippen LogP contribution in [-0.4, -0.2) is 34.3 Å². The van der Waals surface area contributed by atoms with E-state index in [0.29, 0.717) is 0 Å². The molecular weight excluding hydrogens is 286 g/mol. The van der Waals surface area contributed by atoms with Gasteiger partial charge in [0, 0.05) is 6.54 Å². The SMILES string of the molecule is CCCC[Si](C)(C)CN(C)Cc1ccccc1[Si](C)(C)C. The monoisotopic (exact) mass is 321 g/mol. The molecule has 1 nitrogen and oxygen atoms in total. The fourth-order valence-corrected chi connectivity index (χ4v) is 7.97. The van der Waals surface area contributed by atoms with Gasteiger partial charge in [-0.1, -0.05) is 88.0 Å². The van der Waals surface area contributed by atoms with Crippen LogP contribution < -0.4 is 5.19 Å². The zero-order valence-corrected chi connectivity index (χ0v) is 17.3. The minimum absolute atomic E-state index is 1.07. The van der Waals surface area contributed by atoms with E-state index < -0.39 is 16.1 Å². The number of unbranched alkanes of at least 4 members (excludes halogenated alkanes) is 1. The lowest BCUT2D eigenvalue weighted by molar-refractivity contribution is 0.375. The molecule has 0 radical (unpaired) electrons. The van der Waals surface area contributed by atoms with Gasteiger partial charge >= 0.3 is 0 Å². The molecule has 0 amide bonds. The summed E-state index contributed by atoms with van der Waals surface area (Å²) in [5.74, 6) is 0. The fraction of sp³-hybridized carbons (Fsp3) is 0.667. The zero-order valence-electron chi connectivity index (χ0n) is 15.3. The number of nitrogens with zero attached hydrogens (tertiary/aromatic N) is 1. The maximum Gasteiger partial charge on any atom is 0.0780 e. The van der Waals surface area contributed by atoms with Gasteiger partial charge in [0.05, 0.1) is 16.1 Å². The molecule has 0 aromatic heterocycles. The average Bonchev–Trinajstić information content (AvgIpc) is 2.35. The topological polar surface area (TPSA) is 3.24 Å². The molecule has 1 aromatic carbocycles. The highest BCUT2D eigenvalue weighted by Gasteiger charge is 2.24. The summed E-state index contributed by atoms with van der Waals surface area (Å²) in [4.78, 5) is 2.57. The van der Waals surface area contributed by atoms with Crippen LogP contribution in [0.4, 0.5) is 0 Å². The Morgan fingerprint density at radius 1 is 1.00 bits per heavy atom. The third kappa shape index (κ3) is 6.49. The zero-order chi connectivity index (χ0) is 16.1. The molecule has 0 saturated heterocycles. The second-order valence-electron chi connectivity index (χ2n) is 8.35. The molecule has 21 heavy (non-hydrogen) atoms. The Morgan fingerprint density at radius 3 is 2.19 bits per heavy atom. The predicted molar refractivity (Wildman–Crippen MR) is 103 cm³/mol. The van der Waals surface area contributed by atoms with Crippen molar-refractivity contribution in [2.45, 2.75) is 65.1 Å². The highest BCUT2D eigenvalue weighted by molar-refractivity contribution is 6.89. The highest BCUT2D eigenvalue weighted by Crippen LogP contribution is 2.16. The lowest BCUT2D eigenvalue weighted by Gasteiger charge is -2.30. The Hall–Kier alpha value is -0.386. The van der Waals surface area contributed by atoms with Crippen molar-refractivity contribution < 1.29 is 0 Å². The molecule has 0 saturated carbocycles. The molecule has 120 valence electrons. The molecule has 1 rings (SSSR count). The summed E-state index contributed by atoms with van der Waals surface area (Å²) >= 11 is 0. The van der Waals surface area contributed by atoms with Gasteiger partial charge in [-0.3, -0.25) is 0 Å². The van der Waals surface area contributed by atoms with E-state index in [0.717, 1.165) is 6.54 Å². The second kappa shape index (κ2) is 7.75. The molecule has 0 aliphatic carbocycles. The first-order chi connectivity index (χ1) is 9.65. The first-order valence-electron chi connectivity index (χ1n) is 8.42. The van der Waals surface area contributed by atoms with Gasteiger partial charge in [-0.15, -0.1) is 0 Å². The van der Waals surface area contributed by atoms with Crippen LogP contribution in [0.5, 0.6) is 0 Å². The van der Waals surface area contributed by atoms with Gasteiger partial charge < -0.3 is 4.90 Å². The van der Waals surface area contributed by atoms with Crippen LogP contribution in [0.3, 0.4) is 0 Å². The summed E-state index contributed by atoms with van der Waals surface area (Å²) in [6, 6.07) is 10.6. The van der Waals surface area contributed by atoms with E-state index in [1.54, 1.807) is 10.8 Å². The largest absolute Gasteiger partial charge is 0.305 e. The number of hydrogen-bond donors (Lipinski definition) is 0. The number of hydrogen-bond acceptors (Lipinski definition) is 1. The summed E-state index contributed by atoms with van der Waals surface area (Å²) < 4.78 is 0. The Bertz CT molecular complexity index is 435. The van der Waals surface area contributed by atoms with Gasteiger partial charge in [0.1, 0.15) is 0 Å². The van der Waals surface area contributed by atoms with Gasteiger partial charge in [-0.2, -0.15) is 0 Å². The Balaban J connectivity index is 2.73. The van der Waals surface area contributed by atoms with Crippen LogP contribution in [0, 0.1) is 0 Å². The van der Waals surface area contributed by atoms with Crippen LogP contribution in [0.2, 0.25) is 38.8 Å². The van der Waals surface area contributed by atoms with Crippen molar-refractivity contribution in [2.24, 2.45) is 0 Å². The molecule has 0 aliphatic rings. The van der Waals surface area contributed by atoms with Crippen LogP contribution in [0.25, 0.3) is 0 Å². The van der Waals surface area contributed by atoms with Crippen molar-refractivity contribution >= 4 is 21.3 Å². The Kier molecular flexibility index (Phi) is 6.89. The van der Waals surface area contributed by atoms with Crippen molar-refractivity contribution in [1.29, 1.82) is 0 Å². The van der Waals surface area contributed by atoms with Crippen LogP contribution in [-0.2, 0) is 6.54 Å². The third-order valence-corrected chi connectivity index (χ3v) is 9.38. The minimum atomic E-state index is -1.24. The molecule has 3 heteroatoms. The average molecular weight is 322 g/mol. The van der Waals surface area contributed by atoms with Gasteiger partial charge in [0.25, 0.3) is 0 Å². The van der Waals surface area contributed by atoms with E-state index in [9.17, 15) is 0 Å². The number of rotatable bonds is 8. The van der Waals surface area contributed by atoms with Crippen molar-refractivity contribution in [3.05, 3.63) is 29.8 Å². The summed E-state index contributed by atoms with van der Waals surface area (Å²) in [6.45, 7) is 15.9. The number of benzene rings is 1. The van der Waals surface area contributed by atoms with E-state index >= 15 is 0 Å². The van der Waals surface area contributed by atoms with Crippen LogP contribution >= 0.6 is 0 Å². The van der Waals surface area contributed by atoms with E-state index in [1.165, 1.54) is 25.1 Å². The maximum atomic E-state index is 2.57. The highest BCUT2D eigenvalue weighted by atomic mass is 28.3. The van der Waals surface area contributed by atoms with E-state index in [2.05, 4.69) is 75.9 Å². The molecule has 0 fully saturated rings. The summed E-state index contributed by atoms with van der Waals surface area (Å²) in [5, 5.41) is 1.63. The molecule has 1 aromatic rings. The molecule has 0 bridgehead atoms. The van der Waals surface area contributed by atoms with Crippen molar-refractivity contribution in [1.82, 2.24) is 4.90 Å². The maximum absolute atomic E-state index is 2.57. The van der Waals surface area contributed by atoms with E-state index in [-0.39, 0.29) is 0 Å². The molecule has 0 aliphatic heterocycles. The first-order valence-corrected chi connectivity index (χ1v) is 15.3. The summed E-state index contributed by atoms with van der Waals surface area (Å²) in [6.07, 6.45) is 4.05. The Morgan fingerprint density at radius 2 is 1.62 bits per heavy atom. The van der Waals surface area contributed by atoms with Crippen molar-refractivity contribution in [2.75, 3.05) is 13.2 Å². The van der Waals surface area contributed by atoms with Crippen molar-refractivity contribution in [3.63, 3.8) is 0 Å². The summed E-state index contributed by atoms with van der Waals surface area (Å²) in [5.41, 5.74) is 1.56. The lowest BCUT2D eigenvalue weighted by atomic mass is 10.2. The quantitative estimate of drug-likeness (QED) is 0.627. The van der Waals surface area contributed by atoms with Gasteiger partial charge in [0.2, 0.25) is 0 Å². The lowest BCUT2D eigenvalue weighted by Crippen LogP contribution is -2.44. The molecule has 0 atom stereocenters. The molecule has 0 unspecified atom stereocenters. The Labute approximate surface area is 134 Å². The normalized spacial score (nSPS) is 13.0. The van der Waals surface area contributed by atoms with Crippen LogP contribution in [0.1, 0.15) is 25.3 Å². The molecule has 0 heterocycles. The second-order valence-corrected chi connectivity index (χ2v) is 18.5. The predicted octanol–water partition coefficient (Wildman–Crippen LogP) is 4.71. The van der Waals surface area contributed by atoms with Gasteiger partial charge in [0.15, 0.2) is 0 Å².